The average Bonchev–Trinajstić information content (AvgIpc) is 2.48. The molecule has 1 saturated heterocycles. The largest absolute Gasteiger partial charge is 0.376 e. The van der Waals surface area contributed by atoms with Crippen LogP contribution in [0, 0.1) is 0 Å². The van der Waals surface area contributed by atoms with E-state index in [2.05, 4.69) is 34.3 Å². The monoisotopic (exact) mass is 279 g/mol. The molecule has 0 aromatic carbocycles. The summed E-state index contributed by atoms with van der Waals surface area (Å²) >= 11 is 0. The van der Waals surface area contributed by atoms with Crippen molar-refractivity contribution in [3.63, 3.8) is 0 Å². The van der Waals surface area contributed by atoms with Crippen LogP contribution in [0.2, 0.25) is 0 Å². The van der Waals surface area contributed by atoms with Crippen LogP contribution in [-0.2, 0) is 11.2 Å². The third kappa shape index (κ3) is 3.58. The van der Waals surface area contributed by atoms with Gasteiger partial charge in [-0.2, -0.15) is 0 Å². The number of nitrogen functional groups attached to an aromatic ring is 1. The van der Waals surface area contributed by atoms with Gasteiger partial charge >= 0.3 is 0 Å². The standard InChI is InChI=1S/C14H25N5O/c1-3-6-12-13(18-15)16-10-17-14(12)19(2)9-11-7-4-5-8-20-11/h10-11H,3-9,15H2,1-2H3,(H,16,17,18). The Bertz CT molecular complexity index is 420. The number of nitrogens with zero attached hydrogens (tertiary/aromatic N) is 3. The second-order valence-corrected chi connectivity index (χ2v) is 5.29. The van der Waals surface area contributed by atoms with Crippen molar-refractivity contribution in [2.24, 2.45) is 5.84 Å². The molecule has 1 unspecified atom stereocenters. The zero-order valence-electron chi connectivity index (χ0n) is 12.4. The van der Waals surface area contributed by atoms with E-state index in [9.17, 15) is 0 Å². The molecule has 0 aliphatic carbocycles. The van der Waals surface area contributed by atoms with Gasteiger partial charge in [0, 0.05) is 25.8 Å². The van der Waals surface area contributed by atoms with Crippen molar-refractivity contribution < 1.29 is 4.74 Å². The van der Waals surface area contributed by atoms with E-state index in [0.717, 1.165) is 43.8 Å². The third-order valence-electron chi connectivity index (χ3n) is 3.67. The van der Waals surface area contributed by atoms with Crippen molar-refractivity contribution in [2.45, 2.75) is 45.1 Å². The van der Waals surface area contributed by atoms with E-state index >= 15 is 0 Å². The summed E-state index contributed by atoms with van der Waals surface area (Å²) in [5, 5.41) is 0. The second kappa shape index (κ2) is 7.40. The maximum absolute atomic E-state index is 5.80. The number of rotatable bonds is 6. The molecule has 112 valence electrons. The second-order valence-electron chi connectivity index (χ2n) is 5.29. The highest BCUT2D eigenvalue weighted by atomic mass is 16.5. The molecule has 0 saturated carbocycles. The molecule has 6 heteroatoms. The fourth-order valence-corrected chi connectivity index (χ4v) is 2.68. The summed E-state index contributed by atoms with van der Waals surface area (Å²) in [6.45, 7) is 3.87. The fourth-order valence-electron chi connectivity index (χ4n) is 2.68. The minimum Gasteiger partial charge on any atom is -0.376 e. The number of nitrogens with one attached hydrogen (secondary N) is 1. The van der Waals surface area contributed by atoms with E-state index in [1.165, 1.54) is 12.8 Å². The van der Waals surface area contributed by atoms with Gasteiger partial charge in [0.15, 0.2) is 0 Å². The van der Waals surface area contributed by atoms with E-state index in [1.807, 2.05) is 0 Å². The van der Waals surface area contributed by atoms with Gasteiger partial charge in [0.2, 0.25) is 0 Å². The molecule has 2 heterocycles. The zero-order valence-corrected chi connectivity index (χ0v) is 12.4. The first-order valence-electron chi connectivity index (χ1n) is 7.39. The minimum atomic E-state index is 0.299. The van der Waals surface area contributed by atoms with Crippen LogP contribution in [0.4, 0.5) is 11.6 Å². The maximum atomic E-state index is 5.80. The number of likely N-dealkylation sites (N-methyl/N-ethyl adjacent to an activating group) is 1. The number of anilines is 2. The quantitative estimate of drug-likeness (QED) is 0.610. The lowest BCUT2D eigenvalue weighted by atomic mass is 10.1. The Hall–Kier alpha value is -1.40. The highest BCUT2D eigenvalue weighted by Crippen LogP contribution is 2.25. The van der Waals surface area contributed by atoms with Gasteiger partial charge in [0.1, 0.15) is 18.0 Å². The first-order valence-corrected chi connectivity index (χ1v) is 7.39. The molecular weight excluding hydrogens is 254 g/mol. The van der Waals surface area contributed by atoms with Gasteiger partial charge in [-0.3, -0.25) is 0 Å². The molecule has 1 atom stereocenters. The Balaban J connectivity index is 2.13. The number of aromatic nitrogens is 2. The first-order chi connectivity index (χ1) is 9.76. The van der Waals surface area contributed by atoms with Gasteiger partial charge in [-0.1, -0.05) is 13.3 Å². The summed E-state index contributed by atoms with van der Waals surface area (Å²) in [6, 6.07) is 0. The van der Waals surface area contributed by atoms with Crippen molar-refractivity contribution in [1.29, 1.82) is 0 Å². The smallest absolute Gasteiger partial charge is 0.148 e. The number of hydrogen-bond acceptors (Lipinski definition) is 6. The molecule has 1 aromatic rings. The Labute approximate surface area is 120 Å². The van der Waals surface area contributed by atoms with Crippen molar-refractivity contribution in [3.05, 3.63) is 11.9 Å². The summed E-state index contributed by atoms with van der Waals surface area (Å²) < 4.78 is 5.80. The fraction of sp³-hybridized carbons (Fsp3) is 0.714. The Morgan fingerprint density at radius 2 is 2.30 bits per heavy atom. The van der Waals surface area contributed by atoms with Gasteiger partial charge in [0.25, 0.3) is 0 Å². The Kier molecular flexibility index (Phi) is 5.55. The molecule has 1 aromatic heterocycles. The van der Waals surface area contributed by atoms with E-state index in [1.54, 1.807) is 6.33 Å². The van der Waals surface area contributed by atoms with Crippen LogP contribution < -0.4 is 16.2 Å². The molecule has 1 fully saturated rings. The van der Waals surface area contributed by atoms with Crippen molar-refractivity contribution >= 4 is 11.6 Å². The van der Waals surface area contributed by atoms with E-state index in [0.29, 0.717) is 11.9 Å². The molecule has 3 N–H and O–H groups in total. The van der Waals surface area contributed by atoms with Crippen LogP contribution in [0.25, 0.3) is 0 Å². The van der Waals surface area contributed by atoms with Crippen molar-refractivity contribution in [2.75, 3.05) is 30.5 Å². The molecule has 0 bridgehead atoms. The summed E-state index contributed by atoms with van der Waals surface area (Å²) in [5.41, 5.74) is 3.75. The maximum Gasteiger partial charge on any atom is 0.148 e. The number of ether oxygens (including phenoxy) is 1. The Morgan fingerprint density at radius 1 is 1.45 bits per heavy atom. The molecule has 0 radical (unpaired) electrons. The third-order valence-corrected chi connectivity index (χ3v) is 3.67. The zero-order chi connectivity index (χ0) is 14.4. The first kappa shape index (κ1) is 15.0. The van der Waals surface area contributed by atoms with Crippen LogP contribution in [0.3, 0.4) is 0 Å². The summed E-state index contributed by atoms with van der Waals surface area (Å²) in [4.78, 5) is 10.8. The molecule has 1 aliphatic rings. The van der Waals surface area contributed by atoms with Crippen LogP contribution in [0.1, 0.15) is 38.2 Å². The van der Waals surface area contributed by atoms with E-state index < -0.39 is 0 Å². The number of nitrogens with two attached hydrogens (primary N) is 1. The van der Waals surface area contributed by atoms with Gasteiger partial charge in [-0.05, 0) is 25.7 Å². The van der Waals surface area contributed by atoms with Gasteiger partial charge in [-0.25, -0.2) is 15.8 Å². The van der Waals surface area contributed by atoms with Crippen LogP contribution in [0.15, 0.2) is 6.33 Å². The van der Waals surface area contributed by atoms with Crippen LogP contribution in [0.5, 0.6) is 0 Å². The summed E-state index contributed by atoms with van der Waals surface area (Å²) in [6.07, 6.45) is 7.35. The number of hydrogen-bond donors (Lipinski definition) is 2. The van der Waals surface area contributed by atoms with Crippen molar-refractivity contribution in [1.82, 2.24) is 9.97 Å². The average molecular weight is 279 g/mol. The predicted molar refractivity (Wildman–Crippen MR) is 80.7 cm³/mol. The molecular formula is C14H25N5O. The molecule has 20 heavy (non-hydrogen) atoms. The Morgan fingerprint density at radius 3 is 2.95 bits per heavy atom. The predicted octanol–water partition coefficient (Wildman–Crippen LogP) is 1.72. The lowest BCUT2D eigenvalue weighted by Crippen LogP contribution is -2.34. The van der Waals surface area contributed by atoms with Crippen LogP contribution in [-0.4, -0.2) is 36.3 Å². The minimum absolute atomic E-state index is 0.299. The topological polar surface area (TPSA) is 76.3 Å². The highest BCUT2D eigenvalue weighted by molar-refractivity contribution is 5.58. The summed E-state index contributed by atoms with van der Waals surface area (Å²) in [5.74, 6) is 7.21. The SMILES string of the molecule is CCCc1c(NN)ncnc1N(C)CC1CCCCO1. The molecule has 2 rings (SSSR count). The lowest BCUT2D eigenvalue weighted by molar-refractivity contribution is 0.0215. The van der Waals surface area contributed by atoms with Crippen molar-refractivity contribution in [3.8, 4) is 0 Å². The van der Waals surface area contributed by atoms with E-state index in [4.69, 9.17) is 10.6 Å². The van der Waals surface area contributed by atoms with E-state index in [-0.39, 0.29) is 0 Å². The molecule has 1 aliphatic heterocycles. The normalized spacial score (nSPS) is 18.9. The molecule has 6 nitrogen and oxygen atoms in total. The van der Waals surface area contributed by atoms with Gasteiger partial charge in [0.05, 0.1) is 6.10 Å². The van der Waals surface area contributed by atoms with Gasteiger partial charge in [-0.15, -0.1) is 0 Å². The summed E-state index contributed by atoms with van der Waals surface area (Å²) in [7, 11) is 2.06. The molecule has 0 amide bonds. The highest BCUT2D eigenvalue weighted by Gasteiger charge is 2.19. The van der Waals surface area contributed by atoms with Gasteiger partial charge < -0.3 is 15.1 Å². The number of hydrazine groups is 1. The van der Waals surface area contributed by atoms with Crippen LogP contribution >= 0.6 is 0 Å². The lowest BCUT2D eigenvalue weighted by Gasteiger charge is -2.29. The molecule has 0 spiro atoms.